The van der Waals surface area contributed by atoms with Gasteiger partial charge in [-0.1, -0.05) is 25.1 Å². The van der Waals surface area contributed by atoms with E-state index < -0.39 is 9.84 Å². The predicted molar refractivity (Wildman–Crippen MR) is 84.1 cm³/mol. The Morgan fingerprint density at radius 3 is 2.86 bits per heavy atom. The molecule has 1 saturated heterocycles. The zero-order valence-corrected chi connectivity index (χ0v) is 13.1. The maximum Gasteiger partial charge on any atom is 0.150 e. The second-order valence-corrected chi connectivity index (χ2v) is 7.98. The van der Waals surface area contributed by atoms with E-state index in [2.05, 4.69) is 18.3 Å². The van der Waals surface area contributed by atoms with E-state index in [9.17, 15) is 8.42 Å². The lowest BCUT2D eigenvalue weighted by atomic mass is 10.1. The van der Waals surface area contributed by atoms with Crippen LogP contribution in [-0.2, 0) is 22.8 Å². The standard InChI is InChI=1S/C16H21NO3S/c1-2-15-14(13-5-3-4-6-16(13)20-15)10-17-9-12-7-8-21(18,19)11-12/h3-6,12,17H,2,7-11H2,1H3. The largest absolute Gasteiger partial charge is 0.461 e. The quantitative estimate of drug-likeness (QED) is 0.922. The zero-order valence-electron chi connectivity index (χ0n) is 12.3. The summed E-state index contributed by atoms with van der Waals surface area (Å²) in [5.74, 6) is 1.93. The van der Waals surface area contributed by atoms with Crippen molar-refractivity contribution in [2.75, 3.05) is 18.1 Å². The van der Waals surface area contributed by atoms with E-state index in [1.807, 2.05) is 18.2 Å². The van der Waals surface area contributed by atoms with Crippen LogP contribution >= 0.6 is 0 Å². The Hall–Kier alpha value is -1.33. The molecule has 1 aromatic carbocycles. The number of sulfone groups is 1. The molecule has 0 spiro atoms. The summed E-state index contributed by atoms with van der Waals surface area (Å²) < 4.78 is 28.8. The number of aryl methyl sites for hydroxylation is 1. The van der Waals surface area contributed by atoms with E-state index in [1.165, 1.54) is 5.56 Å². The van der Waals surface area contributed by atoms with Crippen LogP contribution in [0.15, 0.2) is 28.7 Å². The SMILES string of the molecule is CCc1oc2ccccc2c1CNCC1CCS(=O)(=O)C1. The lowest BCUT2D eigenvalue weighted by molar-refractivity contribution is 0.509. The fourth-order valence-electron chi connectivity index (χ4n) is 3.06. The van der Waals surface area contributed by atoms with E-state index in [-0.39, 0.29) is 5.92 Å². The second-order valence-electron chi connectivity index (χ2n) is 5.75. The van der Waals surface area contributed by atoms with Gasteiger partial charge in [-0.05, 0) is 24.9 Å². The Morgan fingerprint density at radius 1 is 1.33 bits per heavy atom. The highest BCUT2D eigenvalue weighted by atomic mass is 32.2. The van der Waals surface area contributed by atoms with Crippen molar-refractivity contribution in [3.63, 3.8) is 0 Å². The molecule has 0 bridgehead atoms. The minimum Gasteiger partial charge on any atom is -0.461 e. The third kappa shape index (κ3) is 3.14. The van der Waals surface area contributed by atoms with E-state index >= 15 is 0 Å². The smallest absolute Gasteiger partial charge is 0.150 e. The first-order chi connectivity index (χ1) is 10.1. The summed E-state index contributed by atoms with van der Waals surface area (Å²) in [6.07, 6.45) is 1.64. The van der Waals surface area contributed by atoms with Crippen LogP contribution in [-0.4, -0.2) is 26.5 Å². The van der Waals surface area contributed by atoms with E-state index in [4.69, 9.17) is 4.42 Å². The fourth-order valence-corrected chi connectivity index (χ4v) is 4.93. The lowest BCUT2D eigenvalue weighted by Gasteiger charge is -2.09. The molecule has 2 aromatic rings. The molecule has 1 unspecified atom stereocenters. The Kier molecular flexibility index (Phi) is 4.04. The summed E-state index contributed by atoms with van der Waals surface area (Å²) in [5.41, 5.74) is 2.13. The monoisotopic (exact) mass is 307 g/mol. The highest BCUT2D eigenvalue weighted by molar-refractivity contribution is 7.91. The molecule has 4 nitrogen and oxygen atoms in total. The molecule has 114 valence electrons. The molecule has 0 aliphatic carbocycles. The fraction of sp³-hybridized carbons (Fsp3) is 0.500. The van der Waals surface area contributed by atoms with Crippen molar-refractivity contribution in [1.82, 2.24) is 5.32 Å². The Morgan fingerprint density at radius 2 is 2.14 bits per heavy atom. The molecule has 3 rings (SSSR count). The number of hydrogen-bond acceptors (Lipinski definition) is 4. The highest BCUT2D eigenvalue weighted by Crippen LogP contribution is 2.26. The van der Waals surface area contributed by atoms with Crippen LogP contribution < -0.4 is 5.32 Å². The van der Waals surface area contributed by atoms with E-state index in [1.54, 1.807) is 0 Å². The van der Waals surface area contributed by atoms with Gasteiger partial charge in [0.2, 0.25) is 0 Å². The molecule has 0 radical (unpaired) electrons. The van der Waals surface area contributed by atoms with Gasteiger partial charge in [0.15, 0.2) is 9.84 Å². The Labute approximate surface area is 125 Å². The number of hydrogen-bond donors (Lipinski definition) is 1. The molecule has 0 saturated carbocycles. The van der Waals surface area contributed by atoms with Gasteiger partial charge in [-0.3, -0.25) is 0 Å². The van der Waals surface area contributed by atoms with Crippen LogP contribution in [0.1, 0.15) is 24.7 Å². The van der Waals surface area contributed by atoms with Gasteiger partial charge in [-0.25, -0.2) is 8.42 Å². The minimum atomic E-state index is -2.79. The maximum atomic E-state index is 11.5. The maximum absolute atomic E-state index is 11.5. The van der Waals surface area contributed by atoms with Gasteiger partial charge < -0.3 is 9.73 Å². The van der Waals surface area contributed by atoms with Gasteiger partial charge in [0.1, 0.15) is 11.3 Å². The molecule has 1 atom stereocenters. The second kappa shape index (κ2) is 5.81. The number of furan rings is 1. The highest BCUT2D eigenvalue weighted by Gasteiger charge is 2.27. The third-order valence-corrected chi connectivity index (χ3v) is 6.00. The van der Waals surface area contributed by atoms with Crippen molar-refractivity contribution >= 4 is 20.8 Å². The average Bonchev–Trinajstić information content (AvgIpc) is 2.99. The first-order valence-corrected chi connectivity index (χ1v) is 9.31. The van der Waals surface area contributed by atoms with Crippen molar-refractivity contribution < 1.29 is 12.8 Å². The molecule has 1 aliphatic heterocycles. The van der Waals surface area contributed by atoms with Crippen LogP contribution in [0.2, 0.25) is 0 Å². The van der Waals surface area contributed by atoms with E-state index in [0.717, 1.165) is 42.7 Å². The van der Waals surface area contributed by atoms with Gasteiger partial charge in [0.25, 0.3) is 0 Å². The van der Waals surface area contributed by atoms with Crippen molar-refractivity contribution in [2.45, 2.75) is 26.3 Å². The number of para-hydroxylation sites is 1. The molecule has 1 aromatic heterocycles. The van der Waals surface area contributed by atoms with Crippen molar-refractivity contribution in [3.05, 3.63) is 35.6 Å². The molecule has 1 N–H and O–H groups in total. The van der Waals surface area contributed by atoms with Gasteiger partial charge >= 0.3 is 0 Å². The summed E-state index contributed by atoms with van der Waals surface area (Å²) in [4.78, 5) is 0. The minimum absolute atomic E-state index is 0.248. The molecule has 5 heteroatoms. The predicted octanol–water partition coefficient (Wildman–Crippen LogP) is 2.52. The van der Waals surface area contributed by atoms with Crippen LogP contribution in [0.3, 0.4) is 0 Å². The number of nitrogens with one attached hydrogen (secondary N) is 1. The Bertz CT molecular complexity index is 733. The first kappa shape index (κ1) is 14.6. The van der Waals surface area contributed by atoms with E-state index in [0.29, 0.717) is 11.5 Å². The van der Waals surface area contributed by atoms with Crippen molar-refractivity contribution in [3.8, 4) is 0 Å². The van der Waals surface area contributed by atoms with Gasteiger partial charge in [-0.2, -0.15) is 0 Å². The third-order valence-electron chi connectivity index (χ3n) is 4.16. The van der Waals surface area contributed by atoms with Crippen LogP contribution in [0.25, 0.3) is 11.0 Å². The normalized spacial score (nSPS) is 21.1. The molecule has 2 heterocycles. The molecule has 1 aliphatic rings. The molecule has 21 heavy (non-hydrogen) atoms. The summed E-state index contributed by atoms with van der Waals surface area (Å²) in [5, 5.41) is 4.56. The molecule has 0 amide bonds. The first-order valence-electron chi connectivity index (χ1n) is 7.49. The van der Waals surface area contributed by atoms with Gasteiger partial charge in [-0.15, -0.1) is 0 Å². The summed E-state index contributed by atoms with van der Waals surface area (Å²) in [6.45, 7) is 3.57. The Balaban J connectivity index is 1.68. The van der Waals surface area contributed by atoms with Crippen molar-refractivity contribution in [1.29, 1.82) is 0 Å². The molecular weight excluding hydrogens is 286 g/mol. The van der Waals surface area contributed by atoms with Gasteiger partial charge in [0, 0.05) is 23.9 Å². The van der Waals surface area contributed by atoms with Crippen molar-refractivity contribution in [2.24, 2.45) is 5.92 Å². The number of rotatable bonds is 5. The van der Waals surface area contributed by atoms with Crippen LogP contribution in [0.5, 0.6) is 0 Å². The zero-order chi connectivity index (χ0) is 14.9. The molecule has 1 fully saturated rings. The lowest BCUT2D eigenvalue weighted by Crippen LogP contribution is -2.23. The van der Waals surface area contributed by atoms with Crippen LogP contribution in [0, 0.1) is 5.92 Å². The average molecular weight is 307 g/mol. The summed E-state index contributed by atoms with van der Waals surface area (Å²) in [6, 6.07) is 8.06. The summed E-state index contributed by atoms with van der Waals surface area (Å²) in [7, 11) is -2.79. The number of fused-ring (bicyclic) bond motifs is 1. The van der Waals surface area contributed by atoms with Crippen LogP contribution in [0.4, 0.5) is 0 Å². The molecular formula is C16H21NO3S. The van der Waals surface area contributed by atoms with Gasteiger partial charge in [0.05, 0.1) is 11.5 Å². The topological polar surface area (TPSA) is 59.3 Å². The number of benzene rings is 1. The summed E-state index contributed by atoms with van der Waals surface area (Å²) >= 11 is 0.